The van der Waals surface area contributed by atoms with Crippen LogP contribution in [0.5, 0.6) is 0 Å². The fraction of sp³-hybridized carbons (Fsp3) is 0.800. The van der Waals surface area contributed by atoms with Crippen molar-refractivity contribution < 1.29 is 8.98 Å². The largest absolute Gasteiger partial charge is 0.415 e. The molecule has 2 nitrogen and oxygen atoms in total. The zero-order valence-corrected chi connectivity index (χ0v) is 6.96. The van der Waals surface area contributed by atoms with Crippen molar-refractivity contribution in [2.75, 3.05) is 5.75 Å². The van der Waals surface area contributed by atoms with Crippen molar-refractivity contribution in [1.29, 1.82) is 0 Å². The van der Waals surface area contributed by atoms with Crippen molar-refractivity contribution >= 4 is 29.1 Å². The number of rotatable bonds is 3. The van der Waals surface area contributed by atoms with Gasteiger partial charge in [-0.05, 0) is 5.92 Å². The first-order chi connectivity index (χ1) is 4.13. The highest BCUT2D eigenvalue weighted by molar-refractivity contribution is 7.95. The quantitative estimate of drug-likeness (QED) is 0.479. The summed E-state index contributed by atoms with van der Waals surface area (Å²) in [6.07, 6.45) is 0. The predicted octanol–water partition coefficient (Wildman–Crippen LogP) is 2.67. The summed E-state index contributed by atoms with van der Waals surface area (Å²) in [6.45, 7) is 4.07. The van der Waals surface area contributed by atoms with E-state index in [4.69, 9.17) is 11.6 Å². The van der Waals surface area contributed by atoms with Crippen LogP contribution < -0.4 is 0 Å². The topological polar surface area (TPSA) is 26.3 Å². The van der Waals surface area contributed by atoms with E-state index in [0.717, 1.165) is 17.8 Å². The third-order valence-electron chi connectivity index (χ3n) is 0.526. The van der Waals surface area contributed by atoms with Crippen LogP contribution >= 0.6 is 23.6 Å². The molecule has 0 unspecified atom stereocenters. The highest BCUT2D eigenvalue weighted by Crippen LogP contribution is 2.10. The maximum Gasteiger partial charge on any atom is 0.415 e. The Morgan fingerprint density at radius 3 is 2.67 bits per heavy atom. The van der Waals surface area contributed by atoms with Gasteiger partial charge in [-0.3, -0.25) is 0 Å². The highest BCUT2D eigenvalue weighted by atomic mass is 35.5. The Bertz CT molecular complexity index is 95.0. The molecule has 9 heavy (non-hydrogen) atoms. The van der Waals surface area contributed by atoms with Crippen LogP contribution in [0.15, 0.2) is 0 Å². The van der Waals surface area contributed by atoms with Crippen LogP contribution in [0.3, 0.4) is 0 Å². The van der Waals surface area contributed by atoms with Crippen molar-refractivity contribution in [3.8, 4) is 0 Å². The van der Waals surface area contributed by atoms with Gasteiger partial charge in [0, 0.05) is 17.4 Å². The monoisotopic (exact) mass is 168 g/mol. The second-order valence-corrected chi connectivity index (χ2v) is 3.04. The van der Waals surface area contributed by atoms with Crippen LogP contribution in [0.1, 0.15) is 13.8 Å². The Morgan fingerprint density at radius 2 is 2.33 bits per heavy atom. The van der Waals surface area contributed by atoms with Crippen molar-refractivity contribution in [1.82, 2.24) is 0 Å². The Morgan fingerprint density at radius 1 is 1.78 bits per heavy atom. The maximum atomic E-state index is 9.95. The third kappa shape index (κ3) is 8.11. The molecule has 0 bridgehead atoms. The van der Waals surface area contributed by atoms with Gasteiger partial charge in [-0.1, -0.05) is 13.8 Å². The zero-order chi connectivity index (χ0) is 7.28. The molecule has 0 aromatic carbocycles. The van der Waals surface area contributed by atoms with E-state index in [2.05, 4.69) is 4.18 Å². The first kappa shape index (κ1) is 9.11. The van der Waals surface area contributed by atoms with Gasteiger partial charge in [0.05, 0.1) is 12.0 Å². The molecule has 0 aliphatic carbocycles. The van der Waals surface area contributed by atoms with E-state index >= 15 is 0 Å². The minimum Gasteiger partial charge on any atom is -0.379 e. The van der Waals surface area contributed by atoms with Crippen LogP contribution in [0, 0.1) is 5.92 Å². The predicted molar refractivity (Wildman–Crippen MR) is 39.6 cm³/mol. The fourth-order valence-electron chi connectivity index (χ4n) is 0.216. The minimum absolute atomic E-state index is 0.519. The summed E-state index contributed by atoms with van der Waals surface area (Å²) in [6, 6.07) is 0. The lowest BCUT2D eigenvalue weighted by Crippen LogP contribution is -1.92. The van der Waals surface area contributed by atoms with Crippen LogP contribution in [0.4, 0.5) is 4.79 Å². The van der Waals surface area contributed by atoms with Gasteiger partial charge in [0.1, 0.15) is 0 Å². The number of hydrogen-bond donors (Lipinski definition) is 0. The van der Waals surface area contributed by atoms with Gasteiger partial charge in [0.25, 0.3) is 0 Å². The van der Waals surface area contributed by atoms with Crippen molar-refractivity contribution in [3.63, 3.8) is 0 Å². The fourth-order valence-corrected chi connectivity index (χ4v) is 0.783. The lowest BCUT2D eigenvalue weighted by Gasteiger charge is -1.99. The molecule has 0 aliphatic heterocycles. The number of halogens is 1. The smallest absolute Gasteiger partial charge is 0.379 e. The van der Waals surface area contributed by atoms with E-state index in [9.17, 15) is 4.79 Å². The average Bonchev–Trinajstić information content (AvgIpc) is 1.63. The summed E-state index contributed by atoms with van der Waals surface area (Å²) in [7, 11) is 0. The number of carbonyl (C=O) groups excluding carboxylic acids is 1. The normalized spacial score (nSPS) is 9.78. The van der Waals surface area contributed by atoms with Crippen molar-refractivity contribution in [2.45, 2.75) is 13.8 Å². The molecular weight excluding hydrogens is 160 g/mol. The Hall–Kier alpha value is 0.110. The molecule has 54 valence electrons. The average molecular weight is 169 g/mol. The molecule has 0 spiro atoms. The molecule has 0 radical (unpaired) electrons. The van der Waals surface area contributed by atoms with Gasteiger partial charge in [-0.25, -0.2) is 4.79 Å². The molecule has 0 atom stereocenters. The molecule has 0 heterocycles. The Kier molecular flexibility index (Phi) is 5.00. The highest BCUT2D eigenvalue weighted by Gasteiger charge is 1.98. The molecule has 0 saturated carbocycles. The van der Waals surface area contributed by atoms with Gasteiger partial charge < -0.3 is 4.18 Å². The van der Waals surface area contributed by atoms with E-state index in [1.165, 1.54) is 0 Å². The van der Waals surface area contributed by atoms with Crippen molar-refractivity contribution in [3.05, 3.63) is 0 Å². The van der Waals surface area contributed by atoms with Gasteiger partial charge in [0.2, 0.25) is 0 Å². The van der Waals surface area contributed by atoms with E-state index in [1.807, 2.05) is 13.8 Å². The Labute approximate surface area is 64.1 Å². The summed E-state index contributed by atoms with van der Waals surface area (Å²) in [5, 5.41) is 0. The second-order valence-electron chi connectivity index (χ2n) is 2.00. The van der Waals surface area contributed by atoms with E-state index in [0.29, 0.717) is 5.92 Å². The van der Waals surface area contributed by atoms with Gasteiger partial charge in [-0.2, -0.15) is 0 Å². The van der Waals surface area contributed by atoms with E-state index < -0.39 is 5.43 Å². The molecule has 0 saturated heterocycles. The van der Waals surface area contributed by atoms with Gasteiger partial charge in [0.15, 0.2) is 0 Å². The third-order valence-corrected chi connectivity index (χ3v) is 1.77. The Balaban J connectivity index is 3.01. The molecule has 0 aromatic heterocycles. The summed E-state index contributed by atoms with van der Waals surface area (Å²) in [5.74, 6) is 1.31. The van der Waals surface area contributed by atoms with E-state index in [1.54, 1.807) is 0 Å². The lowest BCUT2D eigenvalue weighted by atomic mass is 10.3. The number of hydrogen-bond acceptors (Lipinski definition) is 3. The summed E-state index contributed by atoms with van der Waals surface area (Å²) < 4.78 is 4.40. The van der Waals surface area contributed by atoms with Crippen LogP contribution in [-0.4, -0.2) is 11.2 Å². The standard InChI is InChI=1S/C5H9ClO2S/c1-4(2)3-9-8-5(6)7/h4H,3H2,1-2H3. The van der Waals surface area contributed by atoms with Crippen LogP contribution in [0.25, 0.3) is 0 Å². The van der Waals surface area contributed by atoms with Gasteiger partial charge >= 0.3 is 5.43 Å². The summed E-state index contributed by atoms with van der Waals surface area (Å²) >= 11 is 5.97. The first-order valence-electron chi connectivity index (χ1n) is 2.62. The number of carbonyl (C=O) groups is 1. The minimum atomic E-state index is -0.749. The lowest BCUT2D eigenvalue weighted by molar-refractivity contribution is 0.232. The summed E-state index contributed by atoms with van der Waals surface area (Å²) in [5.41, 5.74) is -0.749. The molecule has 0 rings (SSSR count). The van der Waals surface area contributed by atoms with Crippen LogP contribution in [0.2, 0.25) is 0 Å². The first-order valence-corrected chi connectivity index (χ1v) is 3.90. The molecule has 4 heteroatoms. The molecule has 0 aliphatic rings. The maximum absolute atomic E-state index is 9.95. The SMILES string of the molecule is CC(C)CSOC(=O)Cl. The van der Waals surface area contributed by atoms with Gasteiger partial charge in [-0.15, -0.1) is 0 Å². The molecule has 0 amide bonds. The van der Waals surface area contributed by atoms with Crippen molar-refractivity contribution in [2.24, 2.45) is 5.92 Å². The zero-order valence-electron chi connectivity index (χ0n) is 5.39. The van der Waals surface area contributed by atoms with E-state index in [-0.39, 0.29) is 0 Å². The van der Waals surface area contributed by atoms with Crippen LogP contribution in [-0.2, 0) is 4.18 Å². The molecular formula is C5H9ClO2S. The second kappa shape index (κ2) is 4.94. The summed E-state index contributed by atoms with van der Waals surface area (Å²) in [4.78, 5) is 9.95. The molecule has 0 fully saturated rings. The molecule has 0 aromatic rings. The molecule has 0 N–H and O–H groups in total.